The van der Waals surface area contributed by atoms with Gasteiger partial charge in [-0.2, -0.15) is 0 Å². The van der Waals surface area contributed by atoms with Crippen LogP contribution in [0, 0.1) is 0 Å². The fraction of sp³-hybridized carbons (Fsp3) is 0.611. The molecule has 2 rings (SSSR count). The van der Waals surface area contributed by atoms with Crippen molar-refractivity contribution in [1.29, 1.82) is 0 Å². The summed E-state index contributed by atoms with van der Waals surface area (Å²) in [5.41, 5.74) is -2.46. The second-order valence-corrected chi connectivity index (χ2v) is 10.2. The average molecular weight is 450 g/mol. The molecule has 1 aromatic carbocycles. The normalized spacial score (nSPS) is 19.6. The molecule has 0 fully saturated rings. The van der Waals surface area contributed by atoms with Crippen LogP contribution >= 0.6 is 15.2 Å². The maximum absolute atomic E-state index is 13.8. The molecule has 0 saturated carbocycles. The zero-order chi connectivity index (χ0) is 21.7. The molecule has 0 spiro atoms. The molecule has 2 atom stereocenters. The number of carbonyl (C=O) groups excluding carboxylic acids is 1. The van der Waals surface area contributed by atoms with Crippen molar-refractivity contribution in [2.75, 3.05) is 33.5 Å². The number of rotatable bonds is 11. The molecule has 0 bridgehead atoms. The summed E-state index contributed by atoms with van der Waals surface area (Å²) in [5, 5.41) is 0. The molecule has 11 heteroatoms. The molecule has 0 N–H and O–H groups in total. The van der Waals surface area contributed by atoms with E-state index in [9.17, 15) is 13.9 Å². The summed E-state index contributed by atoms with van der Waals surface area (Å²) in [6.45, 7) is 6.70. The van der Waals surface area contributed by atoms with Crippen molar-refractivity contribution in [3.05, 3.63) is 23.8 Å². The van der Waals surface area contributed by atoms with Crippen molar-refractivity contribution in [1.82, 2.24) is 0 Å². The van der Waals surface area contributed by atoms with Crippen LogP contribution in [0.4, 0.5) is 0 Å². The summed E-state index contributed by atoms with van der Waals surface area (Å²) in [6, 6.07) is 4.85. The van der Waals surface area contributed by atoms with E-state index in [-0.39, 0.29) is 37.9 Å². The van der Waals surface area contributed by atoms with Gasteiger partial charge < -0.3 is 27.6 Å². The largest absolute Gasteiger partial charge is 0.493 e. The lowest BCUT2D eigenvalue weighted by Crippen LogP contribution is -2.38. The molecular formula is C18H28O9P2. The van der Waals surface area contributed by atoms with Gasteiger partial charge in [-0.1, -0.05) is 12.1 Å². The smallest absolute Gasteiger partial charge is 0.346 e. The Kier molecular flexibility index (Phi) is 8.47. The van der Waals surface area contributed by atoms with E-state index in [1.54, 1.807) is 45.9 Å². The highest BCUT2D eigenvalue weighted by molar-refractivity contribution is 7.59. The predicted molar refractivity (Wildman–Crippen MR) is 107 cm³/mol. The SMILES string of the molecule is CCOP(=O)(OCC)[C@H]1C(=O)Oc2c(OC)cccc2[C@@H]1P(=O)(OCC)OCC. The van der Waals surface area contributed by atoms with Gasteiger partial charge in [-0.15, -0.1) is 0 Å². The third-order valence-corrected chi connectivity index (χ3v) is 9.36. The molecule has 9 nitrogen and oxygen atoms in total. The Balaban J connectivity index is 2.78. The van der Waals surface area contributed by atoms with Crippen LogP contribution in [-0.4, -0.2) is 45.2 Å². The second kappa shape index (κ2) is 10.2. The Labute approximate surface area is 171 Å². The Morgan fingerprint density at radius 2 is 1.34 bits per heavy atom. The first-order valence-corrected chi connectivity index (χ1v) is 12.7. The standard InChI is InChI=1S/C18H28O9P2/c1-6-23-28(20,24-7-2)16-13-11-10-12-14(22-5)15(13)27-18(19)17(16)29(21,25-8-3)26-9-4/h10-12,16-17H,6-9H2,1-5H3/t16-,17+/m0/s1. The van der Waals surface area contributed by atoms with Gasteiger partial charge in [0.2, 0.25) is 0 Å². The van der Waals surface area contributed by atoms with Gasteiger partial charge in [0.1, 0.15) is 5.66 Å². The summed E-state index contributed by atoms with van der Waals surface area (Å²) >= 11 is 0. The molecule has 0 saturated heterocycles. The molecular weight excluding hydrogens is 422 g/mol. The quantitative estimate of drug-likeness (QED) is 0.272. The number of hydrogen-bond acceptors (Lipinski definition) is 9. The van der Waals surface area contributed by atoms with Crippen molar-refractivity contribution in [2.24, 2.45) is 0 Å². The fourth-order valence-corrected chi connectivity index (χ4v) is 8.30. The predicted octanol–water partition coefficient (Wildman–Crippen LogP) is 4.56. The zero-order valence-electron chi connectivity index (χ0n) is 17.3. The van der Waals surface area contributed by atoms with Gasteiger partial charge >= 0.3 is 21.2 Å². The first-order chi connectivity index (χ1) is 13.8. The lowest BCUT2D eigenvalue weighted by molar-refractivity contribution is -0.135. The molecule has 29 heavy (non-hydrogen) atoms. The average Bonchev–Trinajstić information content (AvgIpc) is 2.67. The molecule has 0 radical (unpaired) electrons. The molecule has 0 amide bonds. The van der Waals surface area contributed by atoms with Crippen LogP contribution in [0.1, 0.15) is 38.9 Å². The minimum absolute atomic E-state index is 0.0202. The monoisotopic (exact) mass is 450 g/mol. The van der Waals surface area contributed by atoms with Gasteiger partial charge in [0, 0.05) is 5.56 Å². The van der Waals surface area contributed by atoms with Gasteiger partial charge in [0.05, 0.1) is 33.5 Å². The van der Waals surface area contributed by atoms with E-state index in [4.69, 9.17) is 27.6 Å². The number of esters is 1. The minimum Gasteiger partial charge on any atom is -0.493 e. The van der Waals surface area contributed by atoms with Crippen LogP contribution in [0.5, 0.6) is 11.5 Å². The lowest BCUT2D eigenvalue weighted by Gasteiger charge is -2.38. The fourth-order valence-electron chi connectivity index (χ4n) is 3.26. The van der Waals surface area contributed by atoms with Crippen molar-refractivity contribution in [3.8, 4) is 11.5 Å². The van der Waals surface area contributed by atoms with Gasteiger partial charge in [-0.3, -0.25) is 13.9 Å². The Hall–Kier alpha value is -1.21. The van der Waals surface area contributed by atoms with E-state index in [1.807, 2.05) is 0 Å². The molecule has 1 aliphatic rings. The van der Waals surface area contributed by atoms with E-state index in [0.29, 0.717) is 5.56 Å². The van der Waals surface area contributed by atoms with Gasteiger partial charge in [0.15, 0.2) is 17.2 Å². The van der Waals surface area contributed by atoms with Gasteiger partial charge in [0.25, 0.3) is 0 Å². The number of fused-ring (bicyclic) bond motifs is 1. The first-order valence-electron chi connectivity index (χ1n) is 9.47. The van der Waals surface area contributed by atoms with Gasteiger partial charge in [-0.05, 0) is 33.8 Å². The molecule has 164 valence electrons. The molecule has 1 aromatic rings. The van der Waals surface area contributed by atoms with Crippen LogP contribution in [0.3, 0.4) is 0 Å². The Morgan fingerprint density at radius 1 is 0.862 bits per heavy atom. The van der Waals surface area contributed by atoms with Crippen LogP contribution in [0.15, 0.2) is 18.2 Å². The number of para-hydroxylation sites is 1. The van der Waals surface area contributed by atoms with E-state index in [1.165, 1.54) is 7.11 Å². The van der Waals surface area contributed by atoms with Crippen LogP contribution in [0.2, 0.25) is 0 Å². The zero-order valence-corrected chi connectivity index (χ0v) is 19.1. The summed E-state index contributed by atoms with van der Waals surface area (Å²) in [4.78, 5) is 13.0. The molecule has 0 aromatic heterocycles. The first kappa shape index (κ1) is 24.1. The van der Waals surface area contributed by atoms with Crippen molar-refractivity contribution in [3.63, 3.8) is 0 Å². The number of benzene rings is 1. The maximum atomic E-state index is 13.8. The highest BCUT2D eigenvalue weighted by Gasteiger charge is 2.59. The molecule has 0 aliphatic carbocycles. The molecule has 1 aliphatic heterocycles. The lowest BCUT2D eigenvalue weighted by atomic mass is 10.0. The minimum atomic E-state index is -4.08. The second-order valence-electron chi connectivity index (χ2n) is 5.94. The maximum Gasteiger partial charge on any atom is 0.346 e. The van der Waals surface area contributed by atoms with Gasteiger partial charge in [-0.25, -0.2) is 0 Å². The van der Waals surface area contributed by atoms with Crippen molar-refractivity contribution < 1.29 is 41.5 Å². The third-order valence-electron chi connectivity index (χ3n) is 4.21. The number of methoxy groups -OCH3 is 1. The van der Waals surface area contributed by atoms with Crippen molar-refractivity contribution in [2.45, 2.75) is 39.0 Å². The van der Waals surface area contributed by atoms with E-state index >= 15 is 0 Å². The van der Waals surface area contributed by atoms with Crippen molar-refractivity contribution >= 4 is 21.2 Å². The molecule has 0 unspecified atom stereocenters. The summed E-state index contributed by atoms with van der Waals surface area (Å²) in [7, 11) is -6.64. The van der Waals surface area contributed by atoms with E-state index in [2.05, 4.69) is 0 Å². The highest BCUT2D eigenvalue weighted by atomic mass is 31.2. The third kappa shape index (κ3) is 4.76. The van der Waals surface area contributed by atoms with E-state index < -0.39 is 32.5 Å². The Bertz CT molecular complexity index is 791. The summed E-state index contributed by atoms with van der Waals surface area (Å²) in [5.74, 6) is -0.557. The number of carbonyl (C=O) groups is 1. The topological polar surface area (TPSA) is 107 Å². The number of ether oxygens (including phenoxy) is 2. The number of hydrogen-bond donors (Lipinski definition) is 0. The van der Waals surface area contributed by atoms with Crippen LogP contribution < -0.4 is 9.47 Å². The molecule has 1 heterocycles. The summed E-state index contributed by atoms with van der Waals surface area (Å²) in [6.07, 6.45) is 0. The van der Waals surface area contributed by atoms with E-state index in [0.717, 1.165) is 0 Å². The summed E-state index contributed by atoms with van der Waals surface area (Å²) < 4.78 is 60.0. The highest BCUT2D eigenvalue weighted by Crippen LogP contribution is 2.73. The van der Waals surface area contributed by atoms with Crippen LogP contribution in [0.25, 0.3) is 0 Å². The van der Waals surface area contributed by atoms with Crippen LogP contribution in [-0.2, 0) is 32.0 Å². The Morgan fingerprint density at radius 3 is 1.79 bits per heavy atom.